The second-order valence-electron chi connectivity index (χ2n) is 5.20. The highest BCUT2D eigenvalue weighted by Gasteiger charge is 2.28. The molecule has 1 saturated heterocycles. The van der Waals surface area contributed by atoms with Crippen LogP contribution < -0.4 is 10.0 Å². The highest BCUT2D eigenvalue weighted by atomic mass is 32.2. The average Bonchev–Trinajstić information content (AvgIpc) is 2.52. The lowest BCUT2D eigenvalue weighted by Gasteiger charge is -2.32. The van der Waals surface area contributed by atoms with Gasteiger partial charge in [-0.05, 0) is 37.9 Å². The predicted octanol–water partition coefficient (Wildman–Crippen LogP) is 0.133. The molecule has 0 amide bonds. The van der Waals surface area contributed by atoms with Crippen LogP contribution in [0.5, 0.6) is 0 Å². The Bertz CT molecular complexity index is 523. The number of nitrogens with zero attached hydrogens (tertiary/aromatic N) is 3. The fraction of sp³-hybridized carbons (Fsp3) is 0.692. The highest BCUT2D eigenvalue weighted by Crippen LogP contribution is 2.18. The Labute approximate surface area is 126 Å². The Morgan fingerprint density at radius 3 is 3.05 bits per heavy atom. The molecule has 0 aromatic carbocycles. The van der Waals surface area contributed by atoms with Gasteiger partial charge in [-0.25, -0.2) is 9.97 Å². The Morgan fingerprint density at radius 1 is 1.48 bits per heavy atom. The Hall–Kier alpha value is -1.09. The number of hydrogen-bond donors (Lipinski definition) is 2. The molecule has 7 nitrogen and oxygen atoms in total. The van der Waals surface area contributed by atoms with Crippen LogP contribution in [0, 0.1) is 5.92 Å². The lowest BCUT2D eigenvalue weighted by molar-refractivity contribution is 0.258. The van der Waals surface area contributed by atoms with Gasteiger partial charge >= 0.3 is 0 Å². The number of aromatic nitrogens is 2. The first-order valence-corrected chi connectivity index (χ1v) is 8.76. The van der Waals surface area contributed by atoms with E-state index in [-0.39, 0.29) is 6.54 Å². The summed E-state index contributed by atoms with van der Waals surface area (Å²) in [5.41, 5.74) is 0.662. The summed E-state index contributed by atoms with van der Waals surface area (Å²) in [6.45, 7) is 5.19. The average molecular weight is 313 g/mol. The summed E-state index contributed by atoms with van der Waals surface area (Å²) in [6, 6.07) is 1.70. The van der Waals surface area contributed by atoms with Gasteiger partial charge < -0.3 is 5.32 Å². The molecule has 2 rings (SSSR count). The van der Waals surface area contributed by atoms with Gasteiger partial charge in [0.15, 0.2) is 0 Å². The summed E-state index contributed by atoms with van der Waals surface area (Å²) in [6.07, 6.45) is 5.00. The van der Waals surface area contributed by atoms with Gasteiger partial charge in [0.2, 0.25) is 0 Å². The number of rotatable bonds is 7. The Balaban J connectivity index is 1.89. The third-order valence-corrected chi connectivity index (χ3v) is 5.10. The molecular weight excluding hydrogens is 290 g/mol. The summed E-state index contributed by atoms with van der Waals surface area (Å²) < 4.78 is 28.8. The van der Waals surface area contributed by atoms with Crippen molar-refractivity contribution in [2.45, 2.75) is 26.3 Å². The molecule has 1 aliphatic rings. The van der Waals surface area contributed by atoms with Crippen molar-refractivity contribution >= 4 is 10.2 Å². The second-order valence-corrected chi connectivity index (χ2v) is 6.96. The molecule has 0 bridgehead atoms. The molecule has 1 unspecified atom stereocenters. The van der Waals surface area contributed by atoms with Crippen molar-refractivity contribution < 1.29 is 8.42 Å². The fourth-order valence-corrected chi connectivity index (χ4v) is 3.73. The standard InChI is InChI=1S/C13H23N5O2S/c1-2-14-8-12-4-3-7-18(10-12)21(19,20)17-9-13-5-6-15-11-16-13/h5-6,11-12,14,17H,2-4,7-10H2,1H3. The molecule has 118 valence electrons. The van der Waals surface area contributed by atoms with Gasteiger partial charge in [-0.15, -0.1) is 0 Å². The molecule has 8 heteroatoms. The van der Waals surface area contributed by atoms with E-state index in [9.17, 15) is 8.42 Å². The Morgan fingerprint density at radius 2 is 2.33 bits per heavy atom. The smallest absolute Gasteiger partial charge is 0.279 e. The van der Waals surface area contributed by atoms with Crippen molar-refractivity contribution in [2.24, 2.45) is 5.92 Å². The zero-order chi connectivity index (χ0) is 15.1. The van der Waals surface area contributed by atoms with Crippen LogP contribution in [0.25, 0.3) is 0 Å². The van der Waals surface area contributed by atoms with Crippen LogP contribution in [0.4, 0.5) is 0 Å². The predicted molar refractivity (Wildman–Crippen MR) is 80.6 cm³/mol. The summed E-state index contributed by atoms with van der Waals surface area (Å²) in [4.78, 5) is 7.83. The van der Waals surface area contributed by atoms with Crippen molar-refractivity contribution in [1.29, 1.82) is 0 Å². The molecule has 1 atom stereocenters. The molecule has 0 spiro atoms. The summed E-state index contributed by atoms with van der Waals surface area (Å²) in [5.74, 6) is 0.384. The van der Waals surface area contributed by atoms with Gasteiger partial charge in [0.1, 0.15) is 6.33 Å². The molecule has 1 aromatic rings. The van der Waals surface area contributed by atoms with Gasteiger partial charge in [-0.3, -0.25) is 0 Å². The molecule has 2 heterocycles. The first-order chi connectivity index (χ1) is 10.1. The van der Waals surface area contributed by atoms with E-state index < -0.39 is 10.2 Å². The monoisotopic (exact) mass is 313 g/mol. The minimum atomic E-state index is -3.44. The fourth-order valence-electron chi connectivity index (χ4n) is 2.44. The molecule has 1 aromatic heterocycles. The van der Waals surface area contributed by atoms with Crippen molar-refractivity contribution in [3.05, 3.63) is 24.3 Å². The van der Waals surface area contributed by atoms with Crippen LogP contribution >= 0.6 is 0 Å². The van der Waals surface area contributed by atoms with Crippen molar-refractivity contribution in [3.63, 3.8) is 0 Å². The van der Waals surface area contributed by atoms with Crippen molar-refractivity contribution in [2.75, 3.05) is 26.2 Å². The molecular formula is C13H23N5O2S. The molecule has 2 N–H and O–H groups in total. The maximum atomic E-state index is 12.3. The van der Waals surface area contributed by atoms with Gasteiger partial charge in [0.25, 0.3) is 10.2 Å². The van der Waals surface area contributed by atoms with Gasteiger partial charge in [0.05, 0.1) is 12.2 Å². The largest absolute Gasteiger partial charge is 0.317 e. The molecule has 1 aliphatic heterocycles. The minimum absolute atomic E-state index is 0.194. The van der Waals surface area contributed by atoms with Crippen molar-refractivity contribution in [1.82, 2.24) is 24.3 Å². The van der Waals surface area contributed by atoms with Gasteiger partial charge in [0, 0.05) is 19.3 Å². The maximum Gasteiger partial charge on any atom is 0.279 e. The normalized spacial score (nSPS) is 20.5. The van der Waals surface area contributed by atoms with Crippen LogP contribution in [0.2, 0.25) is 0 Å². The van der Waals surface area contributed by atoms with E-state index in [0.717, 1.165) is 25.9 Å². The lowest BCUT2D eigenvalue weighted by Crippen LogP contribution is -2.47. The van der Waals surface area contributed by atoms with E-state index in [2.05, 4.69) is 26.9 Å². The van der Waals surface area contributed by atoms with E-state index in [4.69, 9.17) is 0 Å². The molecule has 0 saturated carbocycles. The third kappa shape index (κ3) is 4.99. The number of piperidine rings is 1. The summed E-state index contributed by atoms with van der Waals surface area (Å²) in [5, 5.41) is 3.29. The topological polar surface area (TPSA) is 87.2 Å². The van der Waals surface area contributed by atoms with E-state index in [1.54, 1.807) is 16.6 Å². The molecule has 1 fully saturated rings. The van der Waals surface area contributed by atoms with Crippen LogP contribution in [0.15, 0.2) is 18.6 Å². The maximum absolute atomic E-state index is 12.3. The second kappa shape index (κ2) is 7.79. The van der Waals surface area contributed by atoms with Gasteiger partial charge in [-0.1, -0.05) is 6.92 Å². The highest BCUT2D eigenvalue weighted by molar-refractivity contribution is 7.87. The summed E-state index contributed by atoms with van der Waals surface area (Å²) in [7, 11) is -3.44. The lowest BCUT2D eigenvalue weighted by atomic mass is 10.00. The first-order valence-electron chi connectivity index (χ1n) is 7.32. The van der Waals surface area contributed by atoms with Crippen LogP contribution in [-0.4, -0.2) is 48.9 Å². The zero-order valence-electron chi connectivity index (χ0n) is 12.3. The van der Waals surface area contributed by atoms with E-state index >= 15 is 0 Å². The molecule has 0 aliphatic carbocycles. The SMILES string of the molecule is CCNCC1CCCN(S(=O)(=O)NCc2ccncn2)C1. The third-order valence-electron chi connectivity index (χ3n) is 3.58. The number of nitrogens with one attached hydrogen (secondary N) is 2. The summed E-state index contributed by atoms with van der Waals surface area (Å²) >= 11 is 0. The van der Waals surface area contributed by atoms with Crippen molar-refractivity contribution in [3.8, 4) is 0 Å². The zero-order valence-corrected chi connectivity index (χ0v) is 13.1. The number of hydrogen-bond acceptors (Lipinski definition) is 5. The Kier molecular flexibility index (Phi) is 6.04. The van der Waals surface area contributed by atoms with E-state index in [1.807, 2.05) is 0 Å². The first kappa shape index (κ1) is 16.3. The van der Waals surface area contributed by atoms with E-state index in [1.165, 1.54) is 6.33 Å². The van der Waals surface area contributed by atoms with Gasteiger partial charge in [-0.2, -0.15) is 17.4 Å². The quantitative estimate of drug-likeness (QED) is 0.747. The van der Waals surface area contributed by atoms with E-state index in [0.29, 0.717) is 24.7 Å². The van der Waals surface area contributed by atoms with Crippen LogP contribution in [-0.2, 0) is 16.8 Å². The van der Waals surface area contributed by atoms with Crippen LogP contribution in [0.3, 0.4) is 0 Å². The van der Waals surface area contributed by atoms with Crippen LogP contribution in [0.1, 0.15) is 25.5 Å². The molecule has 0 radical (unpaired) electrons. The molecule has 21 heavy (non-hydrogen) atoms. The minimum Gasteiger partial charge on any atom is -0.317 e.